The number of amides is 2. The summed E-state index contributed by atoms with van der Waals surface area (Å²) in [4.78, 5) is 30.6. The van der Waals surface area contributed by atoms with Crippen LogP contribution >= 0.6 is 11.3 Å². The molecule has 28 heavy (non-hydrogen) atoms. The second-order valence-electron chi connectivity index (χ2n) is 6.96. The molecular weight excluding hydrogens is 372 g/mol. The molecule has 1 aromatic heterocycles. The molecule has 6 nitrogen and oxygen atoms in total. The van der Waals surface area contributed by atoms with E-state index in [0.717, 1.165) is 35.6 Å². The Morgan fingerprint density at radius 3 is 2.54 bits per heavy atom. The van der Waals surface area contributed by atoms with Crippen molar-refractivity contribution in [1.29, 1.82) is 0 Å². The smallest absolute Gasteiger partial charge is 0.238 e. The summed E-state index contributed by atoms with van der Waals surface area (Å²) in [6.07, 6.45) is 2.10. The number of anilines is 2. The average Bonchev–Trinajstić information content (AvgIpc) is 3.29. The van der Waals surface area contributed by atoms with Crippen LogP contribution < -0.4 is 10.6 Å². The number of fused-ring (bicyclic) bond motifs is 1. The van der Waals surface area contributed by atoms with Crippen molar-refractivity contribution < 1.29 is 9.59 Å². The monoisotopic (exact) mass is 394 g/mol. The first-order valence-corrected chi connectivity index (χ1v) is 10.2. The van der Waals surface area contributed by atoms with E-state index in [1.54, 1.807) is 35.6 Å². The van der Waals surface area contributed by atoms with Gasteiger partial charge in [-0.3, -0.25) is 14.5 Å². The molecule has 0 spiro atoms. The second-order valence-corrected chi connectivity index (χ2v) is 8.02. The highest BCUT2D eigenvalue weighted by Crippen LogP contribution is 2.36. The number of hydrogen-bond donors (Lipinski definition) is 2. The number of carbonyl (C=O) groups excluding carboxylic acids is 2. The molecule has 1 atom stereocenters. The van der Waals surface area contributed by atoms with Gasteiger partial charge in [0.1, 0.15) is 5.01 Å². The molecule has 1 aliphatic rings. The fourth-order valence-electron chi connectivity index (χ4n) is 3.55. The van der Waals surface area contributed by atoms with E-state index in [9.17, 15) is 9.59 Å². The number of para-hydroxylation sites is 1. The molecule has 0 radical (unpaired) electrons. The van der Waals surface area contributed by atoms with Crippen molar-refractivity contribution in [2.75, 3.05) is 23.7 Å². The van der Waals surface area contributed by atoms with Gasteiger partial charge in [-0.05, 0) is 55.8 Å². The van der Waals surface area contributed by atoms with Gasteiger partial charge >= 0.3 is 0 Å². The molecule has 7 heteroatoms. The topological polar surface area (TPSA) is 74.3 Å². The van der Waals surface area contributed by atoms with Gasteiger partial charge < -0.3 is 10.6 Å². The van der Waals surface area contributed by atoms with Gasteiger partial charge in [-0.25, -0.2) is 4.98 Å². The fraction of sp³-hybridized carbons (Fsp3) is 0.286. The number of nitrogens with zero attached hydrogens (tertiary/aromatic N) is 2. The summed E-state index contributed by atoms with van der Waals surface area (Å²) in [6.45, 7) is 2.71. The fourth-order valence-corrected chi connectivity index (χ4v) is 4.69. The number of aromatic nitrogens is 1. The molecule has 2 N–H and O–H groups in total. The molecule has 0 aliphatic carbocycles. The molecule has 2 amide bonds. The van der Waals surface area contributed by atoms with Crippen LogP contribution in [0.5, 0.6) is 0 Å². The Balaban J connectivity index is 1.40. The van der Waals surface area contributed by atoms with E-state index < -0.39 is 0 Å². The van der Waals surface area contributed by atoms with Gasteiger partial charge in [0.2, 0.25) is 11.8 Å². The lowest BCUT2D eigenvalue weighted by Crippen LogP contribution is -2.32. The SMILES string of the molecule is CC(=O)Nc1ccc(NC(=O)CN2CCCC2c2nc3ccccc3s2)cc1. The number of rotatable bonds is 5. The van der Waals surface area contributed by atoms with Crippen LogP contribution in [-0.2, 0) is 9.59 Å². The minimum Gasteiger partial charge on any atom is -0.326 e. The molecular formula is C21H22N4O2S. The van der Waals surface area contributed by atoms with Crippen LogP contribution in [0.15, 0.2) is 48.5 Å². The molecule has 1 fully saturated rings. The van der Waals surface area contributed by atoms with Crippen molar-refractivity contribution in [2.45, 2.75) is 25.8 Å². The third-order valence-electron chi connectivity index (χ3n) is 4.79. The first kappa shape index (κ1) is 18.6. The number of hydrogen-bond acceptors (Lipinski definition) is 5. The van der Waals surface area contributed by atoms with Crippen molar-refractivity contribution >= 4 is 44.7 Å². The molecule has 2 aromatic carbocycles. The predicted molar refractivity (Wildman–Crippen MR) is 113 cm³/mol. The molecule has 1 saturated heterocycles. The third-order valence-corrected chi connectivity index (χ3v) is 5.93. The molecule has 3 aromatic rings. The second kappa shape index (κ2) is 8.08. The zero-order valence-corrected chi connectivity index (χ0v) is 16.5. The summed E-state index contributed by atoms with van der Waals surface area (Å²) >= 11 is 1.72. The molecule has 1 aliphatic heterocycles. The molecule has 2 heterocycles. The Labute approximate surface area is 167 Å². The zero-order valence-electron chi connectivity index (χ0n) is 15.6. The highest BCUT2D eigenvalue weighted by Gasteiger charge is 2.30. The third kappa shape index (κ3) is 4.21. The Hall–Kier alpha value is -2.77. The minimum absolute atomic E-state index is 0.0414. The van der Waals surface area contributed by atoms with Crippen molar-refractivity contribution in [3.63, 3.8) is 0 Å². The quantitative estimate of drug-likeness (QED) is 0.685. The Morgan fingerprint density at radius 1 is 1.11 bits per heavy atom. The summed E-state index contributed by atoms with van der Waals surface area (Å²) in [6, 6.07) is 15.5. The zero-order chi connectivity index (χ0) is 19.5. The lowest BCUT2D eigenvalue weighted by Gasteiger charge is -2.22. The van der Waals surface area contributed by atoms with E-state index in [2.05, 4.69) is 21.6 Å². The van der Waals surface area contributed by atoms with E-state index in [1.807, 2.05) is 18.2 Å². The Bertz CT molecular complexity index is 966. The van der Waals surface area contributed by atoms with Gasteiger partial charge in [0.15, 0.2) is 0 Å². The van der Waals surface area contributed by atoms with Gasteiger partial charge in [-0.15, -0.1) is 11.3 Å². The summed E-state index contributed by atoms with van der Waals surface area (Å²) in [5.74, 6) is -0.160. The summed E-state index contributed by atoms with van der Waals surface area (Å²) in [5, 5.41) is 6.74. The van der Waals surface area contributed by atoms with Crippen molar-refractivity contribution in [2.24, 2.45) is 0 Å². The highest BCUT2D eigenvalue weighted by atomic mass is 32.1. The first-order chi connectivity index (χ1) is 13.6. The highest BCUT2D eigenvalue weighted by molar-refractivity contribution is 7.18. The number of nitrogens with one attached hydrogen (secondary N) is 2. The molecule has 0 saturated carbocycles. The van der Waals surface area contributed by atoms with Crippen molar-refractivity contribution in [1.82, 2.24) is 9.88 Å². The summed E-state index contributed by atoms with van der Waals surface area (Å²) < 4.78 is 1.19. The van der Waals surface area contributed by atoms with Crippen LogP contribution in [0, 0.1) is 0 Å². The number of likely N-dealkylation sites (tertiary alicyclic amines) is 1. The molecule has 144 valence electrons. The first-order valence-electron chi connectivity index (χ1n) is 9.35. The van der Waals surface area contributed by atoms with Crippen LogP contribution in [0.25, 0.3) is 10.2 Å². The van der Waals surface area contributed by atoms with Crippen LogP contribution in [0.3, 0.4) is 0 Å². The van der Waals surface area contributed by atoms with E-state index in [-0.39, 0.29) is 17.9 Å². The van der Waals surface area contributed by atoms with Gasteiger partial charge in [0, 0.05) is 18.3 Å². The van der Waals surface area contributed by atoms with Crippen molar-refractivity contribution in [3.05, 3.63) is 53.5 Å². The molecule has 4 rings (SSSR count). The predicted octanol–water partition coefficient (Wildman–Crippen LogP) is 4.03. The summed E-state index contributed by atoms with van der Waals surface area (Å²) in [7, 11) is 0. The standard InChI is InChI=1S/C21H22N4O2S/c1-14(26)22-15-8-10-16(11-9-15)23-20(27)13-25-12-4-6-18(25)21-24-17-5-2-3-7-19(17)28-21/h2-3,5,7-11,18H,4,6,12-13H2,1H3,(H,22,26)(H,23,27). The lowest BCUT2D eigenvalue weighted by molar-refractivity contribution is -0.117. The molecule has 0 bridgehead atoms. The average molecular weight is 394 g/mol. The van der Waals surface area contributed by atoms with E-state index in [0.29, 0.717) is 12.2 Å². The van der Waals surface area contributed by atoms with Crippen LogP contribution in [0.1, 0.15) is 30.8 Å². The number of carbonyl (C=O) groups is 2. The van der Waals surface area contributed by atoms with Gasteiger partial charge in [-0.2, -0.15) is 0 Å². The van der Waals surface area contributed by atoms with E-state index in [4.69, 9.17) is 4.98 Å². The van der Waals surface area contributed by atoms with Crippen LogP contribution in [0.2, 0.25) is 0 Å². The van der Waals surface area contributed by atoms with E-state index >= 15 is 0 Å². The Morgan fingerprint density at radius 2 is 1.82 bits per heavy atom. The maximum absolute atomic E-state index is 12.5. The maximum Gasteiger partial charge on any atom is 0.238 e. The van der Waals surface area contributed by atoms with Crippen LogP contribution in [-0.4, -0.2) is 34.8 Å². The maximum atomic E-state index is 12.5. The Kier molecular flexibility index (Phi) is 5.36. The molecule has 1 unspecified atom stereocenters. The van der Waals surface area contributed by atoms with Gasteiger partial charge in [0.05, 0.1) is 22.8 Å². The number of benzene rings is 2. The largest absolute Gasteiger partial charge is 0.326 e. The summed E-state index contributed by atoms with van der Waals surface area (Å²) in [5.41, 5.74) is 2.45. The number of thiazole rings is 1. The van der Waals surface area contributed by atoms with Gasteiger partial charge in [0.25, 0.3) is 0 Å². The van der Waals surface area contributed by atoms with Crippen molar-refractivity contribution in [3.8, 4) is 0 Å². The van der Waals surface area contributed by atoms with Crippen LogP contribution in [0.4, 0.5) is 11.4 Å². The van der Waals surface area contributed by atoms with Gasteiger partial charge in [-0.1, -0.05) is 12.1 Å². The minimum atomic E-state index is -0.119. The van der Waals surface area contributed by atoms with E-state index in [1.165, 1.54) is 11.6 Å². The lowest BCUT2D eigenvalue weighted by atomic mass is 10.2. The normalized spacial score (nSPS) is 17.0.